The van der Waals surface area contributed by atoms with Crippen molar-refractivity contribution >= 4 is 5.84 Å². The van der Waals surface area contributed by atoms with E-state index < -0.39 is 23.6 Å². The molecule has 0 amide bonds. The minimum absolute atomic E-state index is 0.0940. The van der Waals surface area contributed by atoms with Gasteiger partial charge < -0.3 is 15.2 Å². The molecule has 2 atom stereocenters. The van der Waals surface area contributed by atoms with Crippen molar-refractivity contribution in [3.63, 3.8) is 0 Å². The van der Waals surface area contributed by atoms with Gasteiger partial charge in [0.25, 0.3) is 5.92 Å². The van der Waals surface area contributed by atoms with E-state index in [1.165, 1.54) is 0 Å². The molecule has 3 N–H and O–H groups in total. The van der Waals surface area contributed by atoms with Gasteiger partial charge in [-0.3, -0.25) is 5.41 Å². The Morgan fingerprint density at radius 3 is 2.47 bits per heavy atom. The molecule has 1 saturated carbocycles. The first-order chi connectivity index (χ1) is 8.96. The maximum atomic E-state index is 13.2. The number of ether oxygens (including phenoxy) is 2. The van der Waals surface area contributed by atoms with Crippen LogP contribution in [0.15, 0.2) is 24.3 Å². The van der Waals surface area contributed by atoms with Crippen molar-refractivity contribution < 1.29 is 18.3 Å². The van der Waals surface area contributed by atoms with E-state index in [1.54, 1.807) is 19.2 Å². The maximum absolute atomic E-state index is 13.2. The quantitative estimate of drug-likeness (QED) is 0.614. The standard InChI is InChI=1S/C13H16F2N2O2/c1-18-9-4-2-8(3-5-9)6-19-7-10-11(12(16)17)13(10,14)15/h2-5,10-11H,6-7H2,1H3,(H3,16,17). The summed E-state index contributed by atoms with van der Waals surface area (Å²) in [7, 11) is 1.57. The second-order valence-corrected chi connectivity index (χ2v) is 4.58. The molecule has 1 aliphatic rings. The number of rotatable bonds is 6. The van der Waals surface area contributed by atoms with Crippen LogP contribution in [-0.2, 0) is 11.3 Å². The molecule has 4 nitrogen and oxygen atoms in total. The Hall–Kier alpha value is -1.69. The highest BCUT2D eigenvalue weighted by atomic mass is 19.3. The van der Waals surface area contributed by atoms with Crippen molar-refractivity contribution in [2.75, 3.05) is 13.7 Å². The number of methoxy groups -OCH3 is 1. The second kappa shape index (κ2) is 5.13. The van der Waals surface area contributed by atoms with Gasteiger partial charge in [-0.25, -0.2) is 8.78 Å². The molecule has 0 spiro atoms. The van der Waals surface area contributed by atoms with Gasteiger partial charge in [0.2, 0.25) is 0 Å². The van der Waals surface area contributed by atoms with Crippen LogP contribution in [0.4, 0.5) is 8.78 Å². The van der Waals surface area contributed by atoms with Gasteiger partial charge in [0.15, 0.2) is 0 Å². The van der Waals surface area contributed by atoms with Gasteiger partial charge in [-0.15, -0.1) is 0 Å². The van der Waals surface area contributed by atoms with Crippen LogP contribution < -0.4 is 10.5 Å². The molecule has 0 aromatic heterocycles. The summed E-state index contributed by atoms with van der Waals surface area (Å²) >= 11 is 0. The van der Waals surface area contributed by atoms with Crippen molar-refractivity contribution in [3.05, 3.63) is 29.8 Å². The smallest absolute Gasteiger partial charge is 0.264 e. The lowest BCUT2D eigenvalue weighted by Crippen LogP contribution is -2.16. The zero-order valence-electron chi connectivity index (χ0n) is 10.5. The third-order valence-corrected chi connectivity index (χ3v) is 3.26. The lowest BCUT2D eigenvalue weighted by Gasteiger charge is -2.05. The van der Waals surface area contributed by atoms with Gasteiger partial charge in [0.05, 0.1) is 32.2 Å². The molecule has 1 aromatic carbocycles. The molecule has 19 heavy (non-hydrogen) atoms. The first kappa shape index (κ1) is 13.7. The highest BCUT2D eigenvalue weighted by Crippen LogP contribution is 2.55. The van der Waals surface area contributed by atoms with Gasteiger partial charge in [0, 0.05) is 0 Å². The molecule has 1 fully saturated rings. The van der Waals surface area contributed by atoms with Crippen molar-refractivity contribution in [1.29, 1.82) is 5.41 Å². The molecule has 104 valence electrons. The summed E-state index contributed by atoms with van der Waals surface area (Å²) in [5.41, 5.74) is 5.99. The SMILES string of the molecule is COc1ccc(COCC2C(C(=N)N)C2(F)F)cc1. The second-order valence-electron chi connectivity index (χ2n) is 4.58. The van der Waals surface area contributed by atoms with E-state index in [0.29, 0.717) is 0 Å². The number of alkyl halides is 2. The summed E-state index contributed by atoms with van der Waals surface area (Å²) in [5.74, 6) is -4.77. The molecular formula is C13H16F2N2O2. The topological polar surface area (TPSA) is 68.3 Å². The van der Waals surface area contributed by atoms with Crippen molar-refractivity contribution in [2.24, 2.45) is 17.6 Å². The fourth-order valence-corrected chi connectivity index (χ4v) is 2.05. The Kier molecular flexibility index (Phi) is 3.71. The Balaban J connectivity index is 1.79. The van der Waals surface area contributed by atoms with Crippen LogP contribution in [0.1, 0.15) is 5.56 Å². The number of nitrogens with one attached hydrogen (secondary N) is 1. The summed E-state index contributed by atoms with van der Waals surface area (Å²) in [5, 5.41) is 7.07. The monoisotopic (exact) mass is 270 g/mol. The van der Waals surface area contributed by atoms with Crippen LogP contribution in [0.5, 0.6) is 5.75 Å². The Morgan fingerprint density at radius 1 is 1.37 bits per heavy atom. The molecule has 0 heterocycles. The molecule has 6 heteroatoms. The third kappa shape index (κ3) is 2.84. The molecule has 2 unspecified atom stereocenters. The molecule has 0 saturated heterocycles. The molecular weight excluding hydrogens is 254 g/mol. The molecule has 1 aliphatic carbocycles. The highest BCUT2D eigenvalue weighted by molar-refractivity contribution is 5.84. The number of benzene rings is 1. The van der Waals surface area contributed by atoms with E-state index in [0.717, 1.165) is 11.3 Å². The normalized spacial score (nSPS) is 23.9. The molecule has 0 bridgehead atoms. The summed E-state index contributed by atoms with van der Waals surface area (Å²) in [4.78, 5) is 0. The maximum Gasteiger partial charge on any atom is 0.264 e. The van der Waals surface area contributed by atoms with Gasteiger partial charge in [-0.2, -0.15) is 0 Å². The fourth-order valence-electron chi connectivity index (χ4n) is 2.05. The predicted molar refractivity (Wildman–Crippen MR) is 66.5 cm³/mol. The van der Waals surface area contributed by atoms with Crippen LogP contribution >= 0.6 is 0 Å². The van der Waals surface area contributed by atoms with Crippen LogP contribution in [0, 0.1) is 17.2 Å². The number of hydrogen-bond acceptors (Lipinski definition) is 3. The Bertz CT molecular complexity index is 462. The van der Waals surface area contributed by atoms with Gasteiger partial charge in [-0.05, 0) is 17.7 Å². The van der Waals surface area contributed by atoms with Gasteiger partial charge in [0.1, 0.15) is 11.6 Å². The van der Waals surface area contributed by atoms with E-state index in [1.807, 2.05) is 12.1 Å². The fraction of sp³-hybridized carbons (Fsp3) is 0.462. The van der Waals surface area contributed by atoms with E-state index in [-0.39, 0.29) is 13.2 Å². The Morgan fingerprint density at radius 2 is 2.00 bits per heavy atom. The van der Waals surface area contributed by atoms with Crippen LogP contribution in [0.25, 0.3) is 0 Å². The van der Waals surface area contributed by atoms with Crippen molar-refractivity contribution in [1.82, 2.24) is 0 Å². The summed E-state index contributed by atoms with van der Waals surface area (Å²) < 4.78 is 36.7. The van der Waals surface area contributed by atoms with Crippen molar-refractivity contribution in [3.8, 4) is 5.75 Å². The van der Waals surface area contributed by atoms with E-state index in [2.05, 4.69) is 0 Å². The zero-order chi connectivity index (χ0) is 14.0. The zero-order valence-corrected chi connectivity index (χ0v) is 10.5. The Labute approximate surface area is 110 Å². The van der Waals surface area contributed by atoms with Crippen LogP contribution in [0.2, 0.25) is 0 Å². The van der Waals surface area contributed by atoms with E-state index in [9.17, 15) is 8.78 Å². The largest absolute Gasteiger partial charge is 0.497 e. The minimum atomic E-state index is -2.90. The lowest BCUT2D eigenvalue weighted by molar-refractivity contribution is 0.0477. The van der Waals surface area contributed by atoms with Crippen LogP contribution in [-0.4, -0.2) is 25.5 Å². The first-order valence-electron chi connectivity index (χ1n) is 5.89. The number of amidine groups is 1. The molecule has 0 aliphatic heterocycles. The predicted octanol–water partition coefficient (Wildman–Crippen LogP) is 2.03. The number of hydrogen-bond donors (Lipinski definition) is 2. The van der Waals surface area contributed by atoms with Gasteiger partial charge >= 0.3 is 0 Å². The third-order valence-electron chi connectivity index (χ3n) is 3.26. The number of nitrogens with two attached hydrogens (primary N) is 1. The average molecular weight is 270 g/mol. The molecule has 1 aromatic rings. The number of halogens is 2. The summed E-state index contributed by atoms with van der Waals surface area (Å²) in [6, 6.07) is 7.18. The van der Waals surface area contributed by atoms with Crippen molar-refractivity contribution in [2.45, 2.75) is 12.5 Å². The molecule has 0 radical (unpaired) electrons. The van der Waals surface area contributed by atoms with Crippen LogP contribution in [0.3, 0.4) is 0 Å². The summed E-state index contributed by atoms with van der Waals surface area (Å²) in [6.07, 6.45) is 0. The van der Waals surface area contributed by atoms with Gasteiger partial charge in [-0.1, -0.05) is 12.1 Å². The summed E-state index contributed by atoms with van der Waals surface area (Å²) in [6.45, 7) is 0.157. The first-order valence-corrected chi connectivity index (χ1v) is 5.89. The average Bonchev–Trinajstić information content (AvgIpc) is 2.92. The highest BCUT2D eigenvalue weighted by Gasteiger charge is 2.69. The van der Waals surface area contributed by atoms with E-state index in [4.69, 9.17) is 20.6 Å². The molecule has 2 rings (SSSR count). The minimum Gasteiger partial charge on any atom is -0.497 e. The lowest BCUT2D eigenvalue weighted by atomic mass is 10.2. The van der Waals surface area contributed by atoms with E-state index >= 15 is 0 Å².